The van der Waals surface area contributed by atoms with Crippen molar-refractivity contribution in [2.24, 2.45) is 0 Å². The Labute approximate surface area is 130 Å². The van der Waals surface area contributed by atoms with Crippen LogP contribution in [0, 0.1) is 10.1 Å². The van der Waals surface area contributed by atoms with Crippen LogP contribution in [0.1, 0.15) is 5.56 Å². The third-order valence-corrected chi connectivity index (χ3v) is 2.93. The van der Waals surface area contributed by atoms with Crippen molar-refractivity contribution in [3.63, 3.8) is 0 Å². The Morgan fingerprint density at radius 2 is 1.91 bits per heavy atom. The Morgan fingerprint density at radius 3 is 2.57 bits per heavy atom. The van der Waals surface area contributed by atoms with E-state index in [4.69, 9.17) is 9.47 Å². The second-order valence-corrected chi connectivity index (χ2v) is 4.37. The third kappa shape index (κ3) is 4.29. The second-order valence-electron chi connectivity index (χ2n) is 4.37. The van der Waals surface area contributed by atoms with E-state index in [0.29, 0.717) is 11.3 Å². The minimum atomic E-state index is -2.97. The molecule has 0 bridgehead atoms. The van der Waals surface area contributed by atoms with Crippen molar-refractivity contribution in [3.8, 4) is 17.2 Å². The van der Waals surface area contributed by atoms with E-state index in [1.54, 1.807) is 6.07 Å². The van der Waals surface area contributed by atoms with Gasteiger partial charge in [-0.25, -0.2) is 0 Å². The molecule has 0 heterocycles. The highest BCUT2D eigenvalue weighted by Gasteiger charge is 2.17. The summed E-state index contributed by atoms with van der Waals surface area (Å²) in [6, 6.07) is 10.2. The smallest absolute Gasteiger partial charge is 0.387 e. The fourth-order valence-corrected chi connectivity index (χ4v) is 1.88. The molecular weight excluding hydrogens is 312 g/mol. The first-order valence-corrected chi connectivity index (χ1v) is 6.49. The highest BCUT2D eigenvalue weighted by Crippen LogP contribution is 2.32. The lowest BCUT2D eigenvalue weighted by Crippen LogP contribution is -2.06. The zero-order chi connectivity index (χ0) is 16.8. The molecular formula is C15H13F2NO5. The van der Waals surface area contributed by atoms with E-state index in [1.807, 2.05) is 0 Å². The van der Waals surface area contributed by atoms with Gasteiger partial charge in [-0.15, -0.1) is 0 Å². The summed E-state index contributed by atoms with van der Waals surface area (Å²) in [7, 11) is 1.39. The predicted molar refractivity (Wildman–Crippen MR) is 77.1 cm³/mol. The number of ether oxygens (including phenoxy) is 3. The van der Waals surface area contributed by atoms with E-state index >= 15 is 0 Å². The van der Waals surface area contributed by atoms with Crippen LogP contribution in [0.2, 0.25) is 0 Å². The topological polar surface area (TPSA) is 70.8 Å². The van der Waals surface area contributed by atoms with Gasteiger partial charge in [0.25, 0.3) is 0 Å². The van der Waals surface area contributed by atoms with Crippen molar-refractivity contribution in [2.45, 2.75) is 13.2 Å². The van der Waals surface area contributed by atoms with E-state index in [0.717, 1.165) is 0 Å². The lowest BCUT2D eigenvalue weighted by atomic mass is 10.2. The molecule has 0 unspecified atom stereocenters. The van der Waals surface area contributed by atoms with Crippen LogP contribution in [0.5, 0.6) is 17.2 Å². The summed E-state index contributed by atoms with van der Waals surface area (Å²) >= 11 is 0. The molecule has 2 rings (SSSR count). The molecule has 0 spiro atoms. The first-order valence-electron chi connectivity index (χ1n) is 6.49. The van der Waals surface area contributed by atoms with Gasteiger partial charge in [0.1, 0.15) is 18.1 Å². The van der Waals surface area contributed by atoms with E-state index in [2.05, 4.69) is 4.74 Å². The van der Waals surface area contributed by atoms with E-state index in [1.165, 1.54) is 43.5 Å². The molecule has 0 saturated heterocycles. The van der Waals surface area contributed by atoms with Gasteiger partial charge in [-0.3, -0.25) is 10.1 Å². The number of nitro groups is 1. The largest absolute Gasteiger partial charge is 0.496 e. The Kier molecular flexibility index (Phi) is 5.29. The van der Waals surface area contributed by atoms with E-state index in [-0.39, 0.29) is 23.8 Å². The Hall–Kier alpha value is -2.90. The number of benzene rings is 2. The monoisotopic (exact) mass is 325 g/mol. The fourth-order valence-electron chi connectivity index (χ4n) is 1.88. The molecule has 0 aliphatic carbocycles. The number of halogens is 2. The van der Waals surface area contributed by atoms with Gasteiger partial charge >= 0.3 is 12.3 Å². The zero-order valence-corrected chi connectivity index (χ0v) is 12.1. The maximum Gasteiger partial charge on any atom is 0.387 e. The molecule has 0 N–H and O–H groups in total. The van der Waals surface area contributed by atoms with Crippen LogP contribution >= 0.6 is 0 Å². The number of methoxy groups -OCH3 is 1. The van der Waals surface area contributed by atoms with Gasteiger partial charge in [-0.1, -0.05) is 18.2 Å². The van der Waals surface area contributed by atoms with Crippen LogP contribution in [0.3, 0.4) is 0 Å². The van der Waals surface area contributed by atoms with Crippen LogP contribution in [0.15, 0.2) is 42.5 Å². The summed E-state index contributed by atoms with van der Waals surface area (Å²) in [5, 5.41) is 11.1. The molecule has 23 heavy (non-hydrogen) atoms. The number of hydrogen-bond donors (Lipinski definition) is 0. The summed E-state index contributed by atoms with van der Waals surface area (Å²) in [4.78, 5) is 10.4. The van der Waals surface area contributed by atoms with Gasteiger partial charge in [-0.2, -0.15) is 8.78 Å². The fraction of sp³-hybridized carbons (Fsp3) is 0.200. The van der Waals surface area contributed by atoms with Gasteiger partial charge in [-0.05, 0) is 18.2 Å². The van der Waals surface area contributed by atoms with Gasteiger partial charge in [0, 0.05) is 5.56 Å². The van der Waals surface area contributed by atoms with Gasteiger partial charge in [0.05, 0.1) is 18.1 Å². The van der Waals surface area contributed by atoms with Gasteiger partial charge in [0.2, 0.25) is 0 Å². The third-order valence-electron chi connectivity index (χ3n) is 2.93. The maximum atomic E-state index is 12.4. The minimum absolute atomic E-state index is 0.00245. The summed E-state index contributed by atoms with van der Waals surface area (Å²) in [5.74, 6) is 0.270. The highest BCUT2D eigenvalue weighted by molar-refractivity contribution is 5.51. The first kappa shape index (κ1) is 16.5. The molecule has 2 aromatic carbocycles. The molecule has 8 heteroatoms. The van der Waals surface area contributed by atoms with Gasteiger partial charge < -0.3 is 14.2 Å². The molecule has 122 valence electrons. The number of nitrogens with zero attached hydrogens (tertiary/aromatic N) is 1. The van der Waals surface area contributed by atoms with Crippen LogP contribution in [0.4, 0.5) is 14.5 Å². The Balaban J connectivity index is 2.20. The number of rotatable bonds is 7. The lowest BCUT2D eigenvalue weighted by Gasteiger charge is -2.12. The maximum absolute atomic E-state index is 12.4. The molecule has 0 radical (unpaired) electrons. The molecule has 6 nitrogen and oxygen atoms in total. The van der Waals surface area contributed by atoms with E-state index < -0.39 is 11.5 Å². The lowest BCUT2D eigenvalue weighted by molar-refractivity contribution is -0.386. The summed E-state index contributed by atoms with van der Waals surface area (Å²) in [5.41, 5.74) is 0.0644. The van der Waals surface area contributed by atoms with Crippen molar-refractivity contribution >= 4 is 5.69 Å². The quantitative estimate of drug-likeness (QED) is 0.572. The van der Waals surface area contributed by atoms with Gasteiger partial charge in [0.15, 0.2) is 5.75 Å². The Morgan fingerprint density at radius 1 is 1.17 bits per heavy atom. The molecule has 0 amide bonds. The predicted octanol–water partition coefficient (Wildman–Crippen LogP) is 3.78. The normalized spacial score (nSPS) is 10.4. The highest BCUT2D eigenvalue weighted by atomic mass is 19.3. The van der Waals surface area contributed by atoms with Crippen LogP contribution in [0.25, 0.3) is 0 Å². The zero-order valence-electron chi connectivity index (χ0n) is 12.1. The molecule has 2 aromatic rings. The van der Waals surface area contributed by atoms with Crippen LogP contribution in [-0.4, -0.2) is 18.6 Å². The van der Waals surface area contributed by atoms with E-state index in [9.17, 15) is 18.9 Å². The number of nitro benzene ring substituents is 1. The molecule has 0 aliphatic heterocycles. The molecule has 0 aromatic heterocycles. The minimum Gasteiger partial charge on any atom is -0.496 e. The number of para-hydroxylation sites is 1. The average molecular weight is 325 g/mol. The SMILES string of the molecule is COc1ccc(OCc2ccccc2OC(F)F)c([N+](=O)[O-])c1. The molecule has 0 aliphatic rings. The summed E-state index contributed by atoms with van der Waals surface area (Å²) < 4.78 is 39.4. The van der Waals surface area contributed by atoms with Crippen molar-refractivity contribution in [1.29, 1.82) is 0 Å². The van der Waals surface area contributed by atoms with Crippen molar-refractivity contribution < 1.29 is 27.9 Å². The number of alkyl halides is 2. The van der Waals surface area contributed by atoms with Crippen molar-refractivity contribution in [1.82, 2.24) is 0 Å². The van der Waals surface area contributed by atoms with Crippen molar-refractivity contribution in [2.75, 3.05) is 7.11 Å². The standard InChI is InChI=1S/C15H13F2NO5/c1-21-11-6-7-14(12(8-11)18(19)20)22-9-10-4-2-3-5-13(10)23-15(16)17/h2-8,15H,9H2,1H3. The van der Waals surface area contributed by atoms with Crippen LogP contribution < -0.4 is 14.2 Å². The molecule has 0 saturated carbocycles. The summed E-state index contributed by atoms with van der Waals surface area (Å²) in [6.07, 6.45) is 0. The molecule has 0 atom stereocenters. The molecule has 0 fully saturated rings. The number of hydrogen-bond acceptors (Lipinski definition) is 5. The second kappa shape index (κ2) is 7.39. The van der Waals surface area contributed by atoms with Crippen molar-refractivity contribution in [3.05, 3.63) is 58.1 Å². The van der Waals surface area contributed by atoms with Crippen LogP contribution in [-0.2, 0) is 6.61 Å². The first-order chi connectivity index (χ1) is 11.0. The average Bonchev–Trinajstić information content (AvgIpc) is 2.53. The Bertz CT molecular complexity index is 693. The summed E-state index contributed by atoms with van der Waals surface area (Å²) in [6.45, 7) is -3.12.